The number of hydrogen-bond donors (Lipinski definition) is 2. The molecule has 2 amide bonds. The zero-order valence-corrected chi connectivity index (χ0v) is 20.8. The van der Waals surface area contributed by atoms with E-state index in [1.54, 1.807) is 18.2 Å². The van der Waals surface area contributed by atoms with Gasteiger partial charge in [0, 0.05) is 11.6 Å². The van der Waals surface area contributed by atoms with Crippen molar-refractivity contribution in [2.24, 2.45) is 5.73 Å². The van der Waals surface area contributed by atoms with E-state index in [-0.39, 0.29) is 21.8 Å². The molecule has 2 atom stereocenters. The van der Waals surface area contributed by atoms with Gasteiger partial charge in [0.1, 0.15) is 15.6 Å². The van der Waals surface area contributed by atoms with Crippen LogP contribution in [-0.4, -0.2) is 16.1 Å². The highest BCUT2D eigenvalue weighted by Crippen LogP contribution is 2.74. The molecule has 12 heteroatoms. The Kier molecular flexibility index (Phi) is 6.71. The van der Waals surface area contributed by atoms with Crippen molar-refractivity contribution in [2.45, 2.75) is 21.8 Å². The summed E-state index contributed by atoms with van der Waals surface area (Å²) in [5.41, 5.74) is 1.61. The SMILES string of the molecule is NC(=O)C1(c2cc(C(=O)Nc3ccccc3)c(Cl)c(C(F)(F)F)c2)C(c2ccc(F)c(Cl)c2)C1(Cl)Cl. The van der Waals surface area contributed by atoms with Crippen LogP contribution < -0.4 is 11.1 Å². The largest absolute Gasteiger partial charge is 0.417 e. The van der Waals surface area contributed by atoms with E-state index in [2.05, 4.69) is 5.32 Å². The summed E-state index contributed by atoms with van der Waals surface area (Å²) in [4.78, 5) is 25.8. The maximum Gasteiger partial charge on any atom is 0.417 e. The Labute approximate surface area is 222 Å². The van der Waals surface area contributed by atoms with Crippen LogP contribution in [0.4, 0.5) is 23.2 Å². The molecular weight excluding hydrogens is 566 g/mol. The summed E-state index contributed by atoms with van der Waals surface area (Å²) >= 11 is 24.8. The first-order valence-electron chi connectivity index (χ1n) is 10.1. The van der Waals surface area contributed by atoms with E-state index in [0.717, 1.165) is 18.2 Å². The number of rotatable bonds is 5. The van der Waals surface area contributed by atoms with Crippen molar-refractivity contribution >= 4 is 63.9 Å². The van der Waals surface area contributed by atoms with Crippen molar-refractivity contribution in [1.29, 1.82) is 0 Å². The molecule has 3 N–H and O–H groups in total. The lowest BCUT2D eigenvalue weighted by atomic mass is 9.87. The lowest BCUT2D eigenvalue weighted by Crippen LogP contribution is -2.34. The fraction of sp³-hybridized carbons (Fsp3) is 0.167. The first kappa shape index (κ1) is 26.5. The maximum atomic E-state index is 14.0. The van der Waals surface area contributed by atoms with Gasteiger partial charge in [0.2, 0.25) is 5.91 Å². The first-order valence-corrected chi connectivity index (χ1v) is 11.6. The third-order valence-corrected chi connectivity index (χ3v) is 7.74. The van der Waals surface area contributed by atoms with Gasteiger partial charge in [-0.2, -0.15) is 13.2 Å². The fourth-order valence-electron chi connectivity index (χ4n) is 4.31. The first-order chi connectivity index (χ1) is 16.7. The van der Waals surface area contributed by atoms with Crippen LogP contribution in [0.3, 0.4) is 0 Å². The van der Waals surface area contributed by atoms with Crippen LogP contribution >= 0.6 is 46.4 Å². The van der Waals surface area contributed by atoms with Gasteiger partial charge in [0.25, 0.3) is 5.91 Å². The van der Waals surface area contributed by atoms with Crippen molar-refractivity contribution in [2.75, 3.05) is 5.32 Å². The van der Waals surface area contributed by atoms with Crippen LogP contribution in [0.2, 0.25) is 10.0 Å². The fourth-order valence-corrected chi connectivity index (χ4v) is 5.89. The molecule has 0 heterocycles. The van der Waals surface area contributed by atoms with E-state index in [9.17, 15) is 27.2 Å². The van der Waals surface area contributed by atoms with Crippen molar-refractivity contribution in [3.8, 4) is 0 Å². The number of para-hydroxylation sites is 1. The van der Waals surface area contributed by atoms with Gasteiger partial charge in [-0.15, -0.1) is 0 Å². The van der Waals surface area contributed by atoms with Gasteiger partial charge in [-0.3, -0.25) is 9.59 Å². The van der Waals surface area contributed by atoms with Crippen LogP contribution in [0.5, 0.6) is 0 Å². The summed E-state index contributed by atoms with van der Waals surface area (Å²) < 4.78 is 53.6. The molecule has 3 aromatic rings. The second-order valence-electron chi connectivity index (χ2n) is 8.11. The standard InChI is InChI=1S/C24H14Cl4F4N2O2/c25-16-8-11(6-7-17(16)29)19-22(21(33)36,23(19,27)28)12-9-14(18(26)15(10-12)24(30,31)32)20(35)34-13-4-2-1-3-5-13/h1-10,19H,(H2,33,36)(H,34,35). The van der Waals surface area contributed by atoms with Gasteiger partial charge in [0.15, 0.2) is 0 Å². The summed E-state index contributed by atoms with van der Waals surface area (Å²) in [5, 5.41) is 1.24. The molecule has 3 aromatic carbocycles. The number of carbonyl (C=O) groups excluding carboxylic acids is 2. The third kappa shape index (κ3) is 4.20. The molecule has 1 aliphatic carbocycles. The van der Waals surface area contributed by atoms with Gasteiger partial charge < -0.3 is 11.1 Å². The molecule has 4 rings (SSSR count). The number of amides is 2. The number of anilines is 1. The van der Waals surface area contributed by atoms with E-state index < -0.39 is 55.6 Å². The molecule has 188 valence electrons. The van der Waals surface area contributed by atoms with Gasteiger partial charge in [-0.25, -0.2) is 4.39 Å². The predicted octanol–water partition coefficient (Wildman–Crippen LogP) is 7.10. The highest BCUT2D eigenvalue weighted by Gasteiger charge is 2.81. The number of primary amides is 1. The number of halogens is 8. The average molecular weight is 580 g/mol. The Bertz CT molecular complexity index is 1380. The molecule has 0 aliphatic heterocycles. The van der Waals surface area contributed by atoms with E-state index in [4.69, 9.17) is 52.1 Å². The molecule has 0 saturated heterocycles. The number of nitrogens with one attached hydrogen (secondary N) is 1. The van der Waals surface area contributed by atoms with Crippen LogP contribution in [0.1, 0.15) is 33.0 Å². The van der Waals surface area contributed by atoms with Crippen LogP contribution in [0, 0.1) is 5.82 Å². The highest BCUT2D eigenvalue weighted by atomic mass is 35.5. The van der Waals surface area contributed by atoms with Gasteiger partial charge in [-0.05, 0) is 47.5 Å². The monoisotopic (exact) mass is 578 g/mol. The maximum absolute atomic E-state index is 14.0. The molecule has 1 fully saturated rings. The minimum Gasteiger partial charge on any atom is -0.369 e. The average Bonchev–Trinajstić information content (AvgIpc) is 3.32. The molecular formula is C24H14Cl4F4N2O2. The lowest BCUT2D eigenvalue weighted by molar-refractivity contribution is -0.137. The van der Waals surface area contributed by atoms with Crippen molar-refractivity contribution in [3.05, 3.63) is 98.8 Å². The van der Waals surface area contributed by atoms with Gasteiger partial charge in [-0.1, -0.05) is 70.7 Å². The minimum atomic E-state index is -5.02. The summed E-state index contributed by atoms with van der Waals surface area (Å²) in [5.74, 6) is -4.12. The lowest BCUT2D eigenvalue weighted by Gasteiger charge is -2.21. The molecule has 0 radical (unpaired) electrons. The molecule has 36 heavy (non-hydrogen) atoms. The number of nitrogens with two attached hydrogens (primary N) is 1. The number of alkyl halides is 5. The molecule has 0 spiro atoms. The van der Waals surface area contributed by atoms with E-state index in [0.29, 0.717) is 6.07 Å². The highest BCUT2D eigenvalue weighted by molar-refractivity contribution is 6.55. The number of hydrogen-bond acceptors (Lipinski definition) is 2. The summed E-state index contributed by atoms with van der Waals surface area (Å²) in [6.07, 6.45) is -5.02. The molecule has 4 nitrogen and oxygen atoms in total. The Hall–Kier alpha value is -2.52. The molecule has 1 aliphatic rings. The normalized spacial score (nSPS) is 20.6. The van der Waals surface area contributed by atoms with E-state index >= 15 is 0 Å². The van der Waals surface area contributed by atoms with Crippen LogP contribution in [-0.2, 0) is 16.4 Å². The molecule has 1 saturated carbocycles. The van der Waals surface area contributed by atoms with Crippen LogP contribution in [0.25, 0.3) is 0 Å². The minimum absolute atomic E-state index is 0.156. The van der Waals surface area contributed by atoms with Gasteiger partial charge >= 0.3 is 6.18 Å². The van der Waals surface area contributed by atoms with E-state index in [1.165, 1.54) is 18.2 Å². The second kappa shape index (κ2) is 9.10. The summed E-state index contributed by atoms with van der Waals surface area (Å²) in [6, 6.07) is 12.9. The molecule has 2 unspecified atom stereocenters. The van der Waals surface area contributed by atoms with E-state index in [1.807, 2.05) is 0 Å². The summed E-state index contributed by atoms with van der Waals surface area (Å²) in [6.45, 7) is 0. The predicted molar refractivity (Wildman–Crippen MR) is 130 cm³/mol. The third-order valence-electron chi connectivity index (χ3n) is 6.01. The smallest absolute Gasteiger partial charge is 0.369 e. The van der Waals surface area contributed by atoms with Crippen molar-refractivity contribution in [1.82, 2.24) is 0 Å². The quantitative estimate of drug-likeness (QED) is 0.250. The summed E-state index contributed by atoms with van der Waals surface area (Å²) in [7, 11) is 0. The Morgan fingerprint density at radius 1 is 0.972 bits per heavy atom. The topological polar surface area (TPSA) is 72.2 Å². The zero-order chi connectivity index (χ0) is 26.6. The second-order valence-corrected chi connectivity index (χ2v) is 10.3. The zero-order valence-electron chi connectivity index (χ0n) is 17.8. The number of carbonyl (C=O) groups is 2. The Balaban J connectivity index is 1.92. The van der Waals surface area contributed by atoms with Crippen LogP contribution in [0.15, 0.2) is 60.7 Å². The van der Waals surface area contributed by atoms with Crippen molar-refractivity contribution < 1.29 is 27.2 Å². The Morgan fingerprint density at radius 3 is 2.17 bits per heavy atom. The molecule has 0 bridgehead atoms. The number of benzene rings is 3. The Morgan fingerprint density at radius 2 is 1.61 bits per heavy atom. The molecule has 0 aromatic heterocycles. The van der Waals surface area contributed by atoms with Gasteiger partial charge in [0.05, 0.1) is 21.2 Å². The van der Waals surface area contributed by atoms with Crippen molar-refractivity contribution in [3.63, 3.8) is 0 Å².